The summed E-state index contributed by atoms with van der Waals surface area (Å²) in [6, 6.07) is 13.9. The number of ketones is 1. The number of carbonyl (C=O) groups is 2. The minimum Gasteiger partial charge on any atom is -0.464 e. The van der Waals surface area contributed by atoms with Crippen molar-refractivity contribution in [2.45, 2.75) is 13.0 Å². The zero-order valence-electron chi connectivity index (χ0n) is 15.6. The highest BCUT2D eigenvalue weighted by Crippen LogP contribution is 2.37. The average molecular weight is 454 g/mol. The lowest BCUT2D eigenvalue weighted by Gasteiger charge is -2.28. The van der Waals surface area contributed by atoms with Crippen LogP contribution in [0.15, 0.2) is 64.3 Å². The Labute approximate surface area is 174 Å². The standard InChI is InChI=1S/C20H16BrN5O3/c1-11-3-5-13(6-4-11)18(27)15-16(19(28)29-2)22-20-23-24-25-26(20)17(15)12-7-9-14(21)10-8-12/h3-10,17H,1-2H3,(H,22,23,25)/t17-/m1/s1. The molecule has 8 nitrogen and oxygen atoms in total. The third-order valence-electron chi connectivity index (χ3n) is 4.65. The molecular weight excluding hydrogens is 438 g/mol. The molecular formula is C20H16BrN5O3. The number of aryl methyl sites for hydroxylation is 1. The van der Waals surface area contributed by atoms with Gasteiger partial charge in [-0.15, -0.1) is 0 Å². The molecule has 0 spiro atoms. The van der Waals surface area contributed by atoms with Gasteiger partial charge >= 0.3 is 5.97 Å². The fourth-order valence-corrected chi connectivity index (χ4v) is 3.47. The normalized spacial score (nSPS) is 15.5. The fraction of sp³-hybridized carbons (Fsp3) is 0.150. The Balaban J connectivity index is 1.94. The van der Waals surface area contributed by atoms with Gasteiger partial charge in [0.2, 0.25) is 5.95 Å². The Kier molecular flexibility index (Phi) is 4.98. The van der Waals surface area contributed by atoms with Gasteiger partial charge in [0.05, 0.1) is 12.7 Å². The lowest BCUT2D eigenvalue weighted by atomic mass is 9.89. The lowest BCUT2D eigenvalue weighted by Crippen LogP contribution is -2.32. The third kappa shape index (κ3) is 3.44. The summed E-state index contributed by atoms with van der Waals surface area (Å²) in [5.41, 5.74) is 2.46. The summed E-state index contributed by atoms with van der Waals surface area (Å²) >= 11 is 3.41. The van der Waals surface area contributed by atoms with Crippen LogP contribution in [0, 0.1) is 6.92 Å². The molecule has 146 valence electrons. The van der Waals surface area contributed by atoms with Gasteiger partial charge < -0.3 is 10.1 Å². The van der Waals surface area contributed by atoms with Crippen molar-refractivity contribution in [1.29, 1.82) is 0 Å². The molecule has 0 saturated carbocycles. The molecule has 1 aromatic heterocycles. The van der Waals surface area contributed by atoms with E-state index in [1.165, 1.54) is 11.8 Å². The molecule has 4 rings (SSSR count). The van der Waals surface area contributed by atoms with Crippen molar-refractivity contribution in [2.24, 2.45) is 0 Å². The number of anilines is 1. The minimum absolute atomic E-state index is 0.0216. The number of ether oxygens (including phenoxy) is 1. The lowest BCUT2D eigenvalue weighted by molar-refractivity contribution is -0.136. The van der Waals surface area contributed by atoms with Crippen LogP contribution < -0.4 is 5.32 Å². The molecule has 2 heterocycles. The summed E-state index contributed by atoms with van der Waals surface area (Å²) in [6.07, 6.45) is 0. The first kappa shape index (κ1) is 19.0. The van der Waals surface area contributed by atoms with Gasteiger partial charge in [0.25, 0.3) is 0 Å². The van der Waals surface area contributed by atoms with E-state index in [0.29, 0.717) is 5.56 Å². The quantitative estimate of drug-likeness (QED) is 0.478. The Bertz CT molecular complexity index is 1120. The Morgan fingerprint density at radius 2 is 1.79 bits per heavy atom. The Hall–Kier alpha value is -3.33. The first-order valence-electron chi connectivity index (χ1n) is 8.74. The smallest absolute Gasteiger partial charge is 0.355 e. The van der Waals surface area contributed by atoms with E-state index in [1.54, 1.807) is 12.1 Å². The number of methoxy groups -OCH3 is 1. The molecule has 1 aliphatic heterocycles. The number of fused-ring (bicyclic) bond motifs is 1. The van der Waals surface area contributed by atoms with Crippen LogP contribution in [-0.4, -0.2) is 39.1 Å². The molecule has 1 N–H and O–H groups in total. The maximum Gasteiger partial charge on any atom is 0.355 e. The second kappa shape index (κ2) is 7.59. The van der Waals surface area contributed by atoms with Crippen LogP contribution in [0.2, 0.25) is 0 Å². The Morgan fingerprint density at radius 1 is 1.10 bits per heavy atom. The van der Waals surface area contributed by atoms with E-state index in [-0.39, 0.29) is 23.0 Å². The second-order valence-corrected chi connectivity index (χ2v) is 7.42. The van der Waals surface area contributed by atoms with E-state index < -0.39 is 12.0 Å². The first-order valence-corrected chi connectivity index (χ1v) is 9.53. The zero-order valence-corrected chi connectivity index (χ0v) is 17.2. The molecule has 0 amide bonds. The van der Waals surface area contributed by atoms with Gasteiger partial charge in [0.15, 0.2) is 5.78 Å². The van der Waals surface area contributed by atoms with Crippen LogP contribution in [0.5, 0.6) is 0 Å². The summed E-state index contributed by atoms with van der Waals surface area (Å²) in [7, 11) is 1.26. The molecule has 0 fully saturated rings. The van der Waals surface area contributed by atoms with Crippen molar-refractivity contribution < 1.29 is 14.3 Å². The SMILES string of the molecule is COC(=O)C1=C(C(=O)c2ccc(C)cc2)[C@@H](c2ccc(Br)cc2)n2nnnc2N1. The van der Waals surface area contributed by atoms with Gasteiger partial charge in [0.1, 0.15) is 11.7 Å². The number of nitrogens with zero attached hydrogens (tertiary/aromatic N) is 4. The average Bonchev–Trinajstić information content (AvgIpc) is 3.21. The fourth-order valence-electron chi connectivity index (χ4n) is 3.20. The largest absolute Gasteiger partial charge is 0.464 e. The van der Waals surface area contributed by atoms with Gasteiger partial charge in [-0.2, -0.15) is 4.68 Å². The number of benzene rings is 2. The number of hydrogen-bond acceptors (Lipinski definition) is 7. The molecule has 3 aromatic rings. The summed E-state index contributed by atoms with van der Waals surface area (Å²) in [5, 5.41) is 14.5. The number of halogens is 1. The molecule has 0 radical (unpaired) electrons. The summed E-state index contributed by atoms with van der Waals surface area (Å²) in [4.78, 5) is 26.1. The van der Waals surface area contributed by atoms with Crippen molar-refractivity contribution in [1.82, 2.24) is 20.2 Å². The number of carbonyl (C=O) groups excluding carboxylic acids is 2. The van der Waals surface area contributed by atoms with Gasteiger partial charge in [-0.05, 0) is 35.0 Å². The van der Waals surface area contributed by atoms with Gasteiger partial charge in [-0.25, -0.2) is 4.79 Å². The van der Waals surface area contributed by atoms with Crippen molar-refractivity contribution in [3.8, 4) is 0 Å². The highest BCUT2D eigenvalue weighted by molar-refractivity contribution is 9.10. The third-order valence-corrected chi connectivity index (χ3v) is 5.18. The zero-order chi connectivity index (χ0) is 20.5. The number of Topliss-reactive ketones (excluding diaryl/α,β-unsaturated/α-hetero) is 1. The van der Waals surface area contributed by atoms with E-state index in [4.69, 9.17) is 4.74 Å². The van der Waals surface area contributed by atoms with Crippen molar-refractivity contribution >= 4 is 33.6 Å². The number of rotatable bonds is 4. The topological polar surface area (TPSA) is 99.0 Å². The number of nitrogens with one attached hydrogen (secondary N) is 1. The molecule has 0 saturated heterocycles. The number of aromatic nitrogens is 4. The van der Waals surface area contributed by atoms with Crippen LogP contribution in [0.25, 0.3) is 0 Å². The highest BCUT2D eigenvalue weighted by atomic mass is 79.9. The van der Waals surface area contributed by atoms with Crippen LogP contribution >= 0.6 is 15.9 Å². The molecule has 2 aromatic carbocycles. The van der Waals surface area contributed by atoms with Crippen LogP contribution in [-0.2, 0) is 9.53 Å². The van der Waals surface area contributed by atoms with E-state index in [0.717, 1.165) is 15.6 Å². The predicted octanol–water partition coefficient (Wildman–Crippen LogP) is 3.07. The van der Waals surface area contributed by atoms with Crippen LogP contribution in [0.4, 0.5) is 5.95 Å². The first-order chi connectivity index (χ1) is 14.0. The maximum atomic E-state index is 13.5. The number of esters is 1. The number of tetrazole rings is 1. The van der Waals surface area contributed by atoms with Gasteiger partial charge in [-0.3, -0.25) is 4.79 Å². The molecule has 29 heavy (non-hydrogen) atoms. The number of hydrogen-bond donors (Lipinski definition) is 1. The van der Waals surface area contributed by atoms with Crippen molar-refractivity contribution in [3.05, 3.63) is 81.0 Å². The van der Waals surface area contributed by atoms with Crippen molar-refractivity contribution in [3.63, 3.8) is 0 Å². The van der Waals surface area contributed by atoms with Crippen LogP contribution in [0.3, 0.4) is 0 Å². The van der Waals surface area contributed by atoms with Gasteiger partial charge in [0, 0.05) is 10.0 Å². The van der Waals surface area contributed by atoms with E-state index in [1.807, 2.05) is 43.3 Å². The summed E-state index contributed by atoms with van der Waals surface area (Å²) in [5.74, 6) is -0.734. The summed E-state index contributed by atoms with van der Waals surface area (Å²) in [6.45, 7) is 1.94. The molecule has 0 aliphatic carbocycles. The Morgan fingerprint density at radius 3 is 2.45 bits per heavy atom. The summed E-state index contributed by atoms with van der Waals surface area (Å²) < 4.78 is 7.29. The molecule has 1 atom stereocenters. The van der Waals surface area contributed by atoms with E-state index in [2.05, 4.69) is 36.8 Å². The van der Waals surface area contributed by atoms with Crippen molar-refractivity contribution in [2.75, 3.05) is 12.4 Å². The monoisotopic (exact) mass is 453 g/mol. The molecule has 9 heteroatoms. The number of allylic oxidation sites excluding steroid dienone is 1. The van der Waals surface area contributed by atoms with E-state index in [9.17, 15) is 9.59 Å². The second-order valence-electron chi connectivity index (χ2n) is 6.50. The highest BCUT2D eigenvalue weighted by Gasteiger charge is 2.38. The van der Waals surface area contributed by atoms with E-state index >= 15 is 0 Å². The maximum absolute atomic E-state index is 13.5. The molecule has 1 aliphatic rings. The van der Waals surface area contributed by atoms with Gasteiger partial charge in [-0.1, -0.05) is 63.0 Å². The minimum atomic E-state index is -0.697. The molecule has 0 bridgehead atoms. The predicted molar refractivity (Wildman–Crippen MR) is 108 cm³/mol. The van der Waals surface area contributed by atoms with Crippen LogP contribution in [0.1, 0.15) is 27.5 Å². The molecule has 0 unspecified atom stereocenters.